The number of hydrogen-bond donors (Lipinski definition) is 1. The zero-order valence-corrected chi connectivity index (χ0v) is 18.4. The summed E-state index contributed by atoms with van der Waals surface area (Å²) in [5.74, 6) is 1.06. The molecule has 0 aromatic rings. The fraction of sp³-hybridized carbons (Fsp3) is 0.875. The maximum absolute atomic E-state index is 13.5. The largest absolute Gasteiger partial charge is 0.463 e. The van der Waals surface area contributed by atoms with E-state index in [0.29, 0.717) is 30.8 Å². The van der Waals surface area contributed by atoms with Crippen molar-refractivity contribution in [3.8, 4) is 0 Å². The summed E-state index contributed by atoms with van der Waals surface area (Å²) >= 11 is 0. The van der Waals surface area contributed by atoms with Crippen molar-refractivity contribution in [1.82, 2.24) is 0 Å². The van der Waals surface area contributed by atoms with Gasteiger partial charge in [-0.05, 0) is 99.2 Å². The van der Waals surface area contributed by atoms with Crippen molar-refractivity contribution in [2.45, 2.75) is 90.3 Å². The van der Waals surface area contributed by atoms with E-state index in [1.54, 1.807) is 6.08 Å². The molecule has 4 aliphatic carbocycles. The van der Waals surface area contributed by atoms with Crippen LogP contribution in [0.3, 0.4) is 0 Å². The van der Waals surface area contributed by atoms with E-state index in [4.69, 9.17) is 4.74 Å². The molecule has 0 radical (unpaired) electrons. The monoisotopic (exact) mass is 428 g/mol. The summed E-state index contributed by atoms with van der Waals surface area (Å²) in [6, 6.07) is 0. The SMILES string of the molecule is CCOC(=O)/C=C1\CC[C@H]2[C@@H]3CC[C@@H]4C[C@@](O)(C(F)(F)F)CC[C@]4(C)[C@H]3CC[C@]12C. The molecule has 30 heavy (non-hydrogen) atoms. The van der Waals surface area contributed by atoms with Gasteiger partial charge in [-0.15, -0.1) is 0 Å². The highest BCUT2D eigenvalue weighted by Crippen LogP contribution is 2.68. The average molecular weight is 429 g/mol. The minimum Gasteiger partial charge on any atom is -0.463 e. The van der Waals surface area contributed by atoms with Crippen LogP contribution >= 0.6 is 0 Å². The van der Waals surface area contributed by atoms with Gasteiger partial charge >= 0.3 is 12.1 Å². The van der Waals surface area contributed by atoms with E-state index in [2.05, 4.69) is 13.8 Å². The van der Waals surface area contributed by atoms with E-state index in [1.807, 2.05) is 6.92 Å². The van der Waals surface area contributed by atoms with Crippen molar-refractivity contribution in [2.24, 2.45) is 34.5 Å². The van der Waals surface area contributed by atoms with Gasteiger partial charge in [0.1, 0.15) is 0 Å². The van der Waals surface area contributed by atoms with Crippen LogP contribution in [0.15, 0.2) is 11.6 Å². The van der Waals surface area contributed by atoms with Gasteiger partial charge in [0.05, 0.1) is 6.61 Å². The van der Waals surface area contributed by atoms with Crippen LogP contribution in [0.1, 0.15) is 78.6 Å². The third-order valence-electron chi connectivity index (χ3n) is 9.68. The van der Waals surface area contributed by atoms with Gasteiger partial charge in [0, 0.05) is 6.08 Å². The van der Waals surface area contributed by atoms with E-state index in [0.717, 1.165) is 38.5 Å². The molecule has 1 N–H and O–H groups in total. The van der Waals surface area contributed by atoms with Crippen molar-refractivity contribution >= 4 is 5.97 Å². The second-order valence-corrected chi connectivity index (χ2v) is 10.8. The number of alkyl halides is 3. The van der Waals surface area contributed by atoms with Crippen LogP contribution < -0.4 is 0 Å². The van der Waals surface area contributed by atoms with E-state index in [9.17, 15) is 23.1 Å². The van der Waals surface area contributed by atoms with Crippen LogP contribution in [0.4, 0.5) is 13.2 Å². The summed E-state index contributed by atoms with van der Waals surface area (Å²) in [6.07, 6.45) is 2.93. The zero-order valence-electron chi connectivity index (χ0n) is 18.4. The highest BCUT2D eigenvalue weighted by Gasteiger charge is 2.64. The third-order valence-corrected chi connectivity index (χ3v) is 9.68. The molecule has 0 aromatic heterocycles. The van der Waals surface area contributed by atoms with Crippen LogP contribution in [-0.2, 0) is 9.53 Å². The molecule has 0 heterocycles. The van der Waals surface area contributed by atoms with Crippen molar-refractivity contribution in [3.63, 3.8) is 0 Å². The average Bonchev–Trinajstić information content (AvgIpc) is 2.98. The highest BCUT2D eigenvalue weighted by molar-refractivity contribution is 5.83. The molecule has 6 heteroatoms. The summed E-state index contributed by atoms with van der Waals surface area (Å²) < 4.78 is 45.6. The molecule has 0 aromatic carbocycles. The van der Waals surface area contributed by atoms with Gasteiger partial charge < -0.3 is 9.84 Å². The Hall–Kier alpha value is -1.04. The molecule has 3 nitrogen and oxygen atoms in total. The van der Waals surface area contributed by atoms with Crippen molar-refractivity contribution in [3.05, 3.63) is 11.6 Å². The molecule has 0 aliphatic heterocycles. The molecule has 0 unspecified atom stereocenters. The van der Waals surface area contributed by atoms with Gasteiger partial charge in [-0.3, -0.25) is 0 Å². The first-order chi connectivity index (χ1) is 13.9. The number of allylic oxidation sites excluding steroid dienone is 1. The Morgan fingerprint density at radius 3 is 2.53 bits per heavy atom. The van der Waals surface area contributed by atoms with Gasteiger partial charge in [0.2, 0.25) is 0 Å². The lowest BCUT2D eigenvalue weighted by Crippen LogP contribution is -2.58. The molecule has 0 amide bonds. The van der Waals surface area contributed by atoms with Gasteiger partial charge in [-0.1, -0.05) is 19.4 Å². The van der Waals surface area contributed by atoms with Gasteiger partial charge in [-0.2, -0.15) is 13.2 Å². The quantitative estimate of drug-likeness (QED) is 0.446. The zero-order chi connectivity index (χ0) is 21.9. The smallest absolute Gasteiger partial charge is 0.417 e. The highest BCUT2D eigenvalue weighted by atomic mass is 19.4. The predicted octanol–water partition coefficient (Wildman–Crippen LogP) is 5.81. The minimum atomic E-state index is -4.55. The maximum atomic E-state index is 13.5. The maximum Gasteiger partial charge on any atom is 0.417 e. The van der Waals surface area contributed by atoms with Crippen LogP contribution in [0.2, 0.25) is 0 Å². The first-order valence-electron chi connectivity index (χ1n) is 11.6. The van der Waals surface area contributed by atoms with Crippen LogP contribution in [0.5, 0.6) is 0 Å². The summed E-state index contributed by atoms with van der Waals surface area (Å²) in [4.78, 5) is 12.1. The topological polar surface area (TPSA) is 46.5 Å². The van der Waals surface area contributed by atoms with Crippen LogP contribution in [-0.4, -0.2) is 29.5 Å². The molecule has 0 saturated heterocycles. The first-order valence-corrected chi connectivity index (χ1v) is 11.6. The Bertz CT molecular complexity index is 732. The Kier molecular flexibility index (Phi) is 5.35. The second-order valence-electron chi connectivity index (χ2n) is 10.8. The fourth-order valence-electron chi connectivity index (χ4n) is 7.91. The van der Waals surface area contributed by atoms with Crippen LogP contribution in [0, 0.1) is 34.5 Å². The molecule has 7 atom stereocenters. The molecular formula is C24H35F3O3. The second kappa shape index (κ2) is 7.25. The number of carbonyl (C=O) groups excluding carboxylic acids is 1. The standard InChI is InChI=1S/C24H35F3O3/c1-4-30-20(28)13-15-6-8-18-17-7-5-16-14-23(29,24(25,26)27)12-11-22(16,3)19(17)9-10-21(15,18)2/h13,16-19,29H,4-12,14H2,1-3H3/b15-13+/t16-,17+,18+,19+,21-,22+,23-/m1/s1. The third kappa shape index (κ3) is 3.23. The number of aliphatic hydroxyl groups is 1. The number of halogens is 3. The lowest BCUT2D eigenvalue weighted by Gasteiger charge is -2.61. The molecule has 4 saturated carbocycles. The number of hydrogen-bond acceptors (Lipinski definition) is 3. The van der Waals surface area contributed by atoms with Crippen LogP contribution in [0.25, 0.3) is 0 Å². The van der Waals surface area contributed by atoms with E-state index >= 15 is 0 Å². The molecule has 4 aliphatic rings. The lowest BCUT2D eigenvalue weighted by molar-refractivity contribution is -0.289. The number of ether oxygens (including phenoxy) is 1. The minimum absolute atomic E-state index is 0.00149. The van der Waals surface area contributed by atoms with E-state index in [1.165, 1.54) is 5.57 Å². The molecule has 4 rings (SSSR count). The number of fused-ring (bicyclic) bond motifs is 5. The molecule has 0 bridgehead atoms. The predicted molar refractivity (Wildman–Crippen MR) is 107 cm³/mol. The van der Waals surface area contributed by atoms with Gasteiger partial charge in [0.15, 0.2) is 5.60 Å². The normalized spacial score (nSPS) is 47.4. The first kappa shape index (κ1) is 22.2. The Morgan fingerprint density at radius 1 is 1.13 bits per heavy atom. The molecule has 0 spiro atoms. The summed E-state index contributed by atoms with van der Waals surface area (Å²) in [6.45, 7) is 6.66. The van der Waals surface area contributed by atoms with E-state index in [-0.39, 0.29) is 35.6 Å². The Morgan fingerprint density at radius 2 is 1.87 bits per heavy atom. The number of rotatable bonds is 2. The van der Waals surface area contributed by atoms with Gasteiger partial charge in [0.25, 0.3) is 0 Å². The Balaban J connectivity index is 1.56. The number of carbonyl (C=O) groups is 1. The fourth-order valence-corrected chi connectivity index (χ4v) is 7.91. The van der Waals surface area contributed by atoms with Crippen molar-refractivity contribution in [1.29, 1.82) is 0 Å². The lowest BCUT2D eigenvalue weighted by atomic mass is 9.44. The Labute approximate surface area is 177 Å². The number of esters is 1. The van der Waals surface area contributed by atoms with Crippen molar-refractivity contribution in [2.75, 3.05) is 6.61 Å². The summed E-state index contributed by atoms with van der Waals surface area (Å²) in [5.41, 5.74) is -1.45. The summed E-state index contributed by atoms with van der Waals surface area (Å²) in [7, 11) is 0. The molecule has 4 fully saturated rings. The van der Waals surface area contributed by atoms with Gasteiger partial charge in [-0.25, -0.2) is 4.79 Å². The van der Waals surface area contributed by atoms with Crippen molar-refractivity contribution < 1.29 is 27.8 Å². The summed E-state index contributed by atoms with van der Waals surface area (Å²) in [5, 5.41) is 10.3. The molecule has 170 valence electrons. The molecular weight excluding hydrogens is 393 g/mol. The van der Waals surface area contributed by atoms with E-state index < -0.39 is 11.8 Å².